The zero-order valence-corrected chi connectivity index (χ0v) is 16.0. The molecule has 0 aliphatic carbocycles. The van der Waals surface area contributed by atoms with Crippen molar-refractivity contribution in [3.8, 4) is 0 Å². The first-order chi connectivity index (χ1) is 11.9. The molecular formula is C17H24N2O4S2. The van der Waals surface area contributed by atoms with Crippen LogP contribution in [0.5, 0.6) is 0 Å². The van der Waals surface area contributed by atoms with Gasteiger partial charge in [0.2, 0.25) is 15.9 Å². The third kappa shape index (κ3) is 3.72. The topological polar surface area (TPSA) is 77.9 Å². The number of fused-ring (bicyclic) bond motifs is 1. The third-order valence-corrected chi connectivity index (χ3v) is 7.84. The van der Waals surface area contributed by atoms with Gasteiger partial charge in [-0.15, -0.1) is 0 Å². The highest BCUT2D eigenvalue weighted by Crippen LogP contribution is 2.32. The molecule has 1 amide bonds. The van der Waals surface area contributed by atoms with E-state index in [1.165, 1.54) is 11.2 Å². The molecule has 0 spiro atoms. The van der Waals surface area contributed by atoms with Gasteiger partial charge in [0.25, 0.3) is 0 Å². The average Bonchev–Trinajstić information content (AvgIpc) is 2.61. The lowest BCUT2D eigenvalue weighted by Gasteiger charge is -2.35. The highest BCUT2D eigenvalue weighted by molar-refractivity contribution is 7.99. The van der Waals surface area contributed by atoms with E-state index in [9.17, 15) is 18.3 Å². The van der Waals surface area contributed by atoms with E-state index in [-0.39, 0.29) is 23.5 Å². The number of anilines is 1. The lowest BCUT2D eigenvalue weighted by atomic mass is 10.0. The molecule has 3 rings (SSSR count). The number of hydrogen-bond donors (Lipinski definition) is 1. The maximum Gasteiger partial charge on any atom is 0.243 e. The van der Waals surface area contributed by atoms with Gasteiger partial charge in [0, 0.05) is 49.9 Å². The summed E-state index contributed by atoms with van der Waals surface area (Å²) in [7, 11) is -3.65. The van der Waals surface area contributed by atoms with Gasteiger partial charge < -0.3 is 10.0 Å². The molecule has 2 aliphatic rings. The number of carbonyl (C=O) groups excluding carboxylic acids is 1. The molecule has 0 bridgehead atoms. The number of aryl methyl sites for hydroxylation is 1. The molecule has 1 atom stereocenters. The van der Waals surface area contributed by atoms with Crippen molar-refractivity contribution >= 4 is 33.4 Å². The van der Waals surface area contributed by atoms with E-state index in [1.54, 1.807) is 28.8 Å². The largest absolute Gasteiger partial charge is 0.396 e. The quantitative estimate of drug-likeness (QED) is 0.851. The van der Waals surface area contributed by atoms with Gasteiger partial charge in [0.1, 0.15) is 0 Å². The Kier molecular flexibility index (Phi) is 5.72. The maximum atomic E-state index is 13.2. The normalized spacial score (nSPS) is 21.8. The number of benzene rings is 1. The van der Waals surface area contributed by atoms with E-state index < -0.39 is 10.0 Å². The first-order valence-corrected chi connectivity index (χ1v) is 11.2. The summed E-state index contributed by atoms with van der Waals surface area (Å²) in [5.74, 6) is 1.39. The zero-order chi connectivity index (χ0) is 18.0. The van der Waals surface area contributed by atoms with Gasteiger partial charge in [-0.2, -0.15) is 16.1 Å². The number of sulfonamides is 1. The summed E-state index contributed by atoms with van der Waals surface area (Å²) in [6, 6.07) is 4.93. The van der Waals surface area contributed by atoms with Crippen molar-refractivity contribution < 1.29 is 18.3 Å². The van der Waals surface area contributed by atoms with E-state index in [0.29, 0.717) is 31.0 Å². The van der Waals surface area contributed by atoms with Gasteiger partial charge in [-0.25, -0.2) is 8.42 Å². The highest BCUT2D eigenvalue weighted by atomic mass is 32.2. The van der Waals surface area contributed by atoms with Crippen LogP contribution >= 0.6 is 11.8 Å². The fraction of sp³-hybridized carbons (Fsp3) is 0.588. The van der Waals surface area contributed by atoms with Crippen molar-refractivity contribution in [1.82, 2.24) is 4.31 Å². The molecule has 6 nitrogen and oxygen atoms in total. The molecule has 0 unspecified atom stereocenters. The molecule has 1 saturated heterocycles. The van der Waals surface area contributed by atoms with Crippen LogP contribution < -0.4 is 4.90 Å². The predicted octanol–water partition coefficient (Wildman–Crippen LogP) is 1.47. The summed E-state index contributed by atoms with van der Waals surface area (Å²) in [6.07, 6.45) is 2.18. The van der Waals surface area contributed by atoms with Crippen molar-refractivity contribution in [2.24, 2.45) is 0 Å². The van der Waals surface area contributed by atoms with Crippen molar-refractivity contribution in [3.63, 3.8) is 0 Å². The minimum Gasteiger partial charge on any atom is -0.396 e. The van der Waals surface area contributed by atoms with Crippen LogP contribution in [-0.2, 0) is 21.2 Å². The first kappa shape index (κ1) is 18.7. The van der Waals surface area contributed by atoms with Crippen LogP contribution in [0.3, 0.4) is 0 Å². The summed E-state index contributed by atoms with van der Waals surface area (Å²) >= 11 is 1.72. The van der Waals surface area contributed by atoms with Crippen molar-refractivity contribution in [1.29, 1.82) is 0 Å². The molecule has 0 radical (unpaired) electrons. The number of rotatable bonds is 4. The summed E-state index contributed by atoms with van der Waals surface area (Å²) in [4.78, 5) is 13.8. The Bertz CT molecular complexity index is 749. The number of hydrogen-bond acceptors (Lipinski definition) is 5. The molecule has 0 saturated carbocycles. The van der Waals surface area contributed by atoms with Crippen LogP contribution in [0, 0.1) is 0 Å². The lowest BCUT2D eigenvalue weighted by molar-refractivity contribution is -0.116. The second-order valence-electron chi connectivity index (χ2n) is 6.42. The molecule has 2 heterocycles. The minimum atomic E-state index is -3.65. The van der Waals surface area contributed by atoms with Gasteiger partial charge in [-0.1, -0.05) is 6.07 Å². The molecule has 138 valence electrons. The van der Waals surface area contributed by atoms with Crippen LogP contribution in [-0.4, -0.2) is 61.0 Å². The Balaban J connectivity index is 1.97. The highest BCUT2D eigenvalue weighted by Gasteiger charge is 2.34. The Morgan fingerprint density at radius 1 is 1.36 bits per heavy atom. The number of carbonyl (C=O) groups is 1. The van der Waals surface area contributed by atoms with E-state index in [0.717, 1.165) is 24.2 Å². The van der Waals surface area contributed by atoms with Gasteiger partial charge in [0.05, 0.1) is 4.90 Å². The Morgan fingerprint density at radius 2 is 2.16 bits per heavy atom. The number of aliphatic hydroxyl groups is 1. The van der Waals surface area contributed by atoms with Crippen molar-refractivity contribution in [2.75, 3.05) is 36.1 Å². The van der Waals surface area contributed by atoms with Crippen LogP contribution in [0.2, 0.25) is 0 Å². The first-order valence-electron chi connectivity index (χ1n) is 8.56. The zero-order valence-electron chi connectivity index (χ0n) is 14.3. The SMILES string of the molecule is CC(=O)N1CCCc2ccc(S(=O)(=O)N3CCSC[C@H]3CCO)cc21. The van der Waals surface area contributed by atoms with E-state index in [1.807, 2.05) is 6.07 Å². The standard InChI is InChI=1S/C17H24N2O4S2/c1-13(21)18-7-2-3-14-4-5-16(11-17(14)18)25(22,23)19-8-10-24-12-15(19)6-9-20/h4-5,11,15,20H,2-3,6-10,12H2,1H3/t15-/m1/s1. The Morgan fingerprint density at radius 3 is 2.88 bits per heavy atom. The lowest BCUT2D eigenvalue weighted by Crippen LogP contribution is -2.46. The fourth-order valence-corrected chi connectivity index (χ4v) is 6.51. The second kappa shape index (κ2) is 7.65. The number of aliphatic hydroxyl groups excluding tert-OH is 1. The third-order valence-electron chi connectivity index (χ3n) is 4.80. The molecule has 8 heteroatoms. The fourth-order valence-electron chi connectivity index (χ4n) is 3.51. The van der Waals surface area contributed by atoms with Crippen LogP contribution in [0.15, 0.2) is 23.1 Å². The van der Waals surface area contributed by atoms with E-state index in [4.69, 9.17) is 0 Å². The number of amides is 1. The molecule has 2 aliphatic heterocycles. The van der Waals surface area contributed by atoms with Crippen LogP contribution in [0.1, 0.15) is 25.3 Å². The molecule has 1 aromatic rings. The summed E-state index contributed by atoms with van der Waals surface area (Å²) in [5.41, 5.74) is 1.73. The molecular weight excluding hydrogens is 360 g/mol. The van der Waals surface area contributed by atoms with Gasteiger partial charge >= 0.3 is 0 Å². The Labute approximate surface area is 153 Å². The van der Waals surface area contributed by atoms with Gasteiger partial charge in [-0.3, -0.25) is 4.79 Å². The van der Waals surface area contributed by atoms with Crippen LogP contribution in [0.4, 0.5) is 5.69 Å². The summed E-state index contributed by atoms with van der Waals surface area (Å²) in [6.45, 7) is 2.56. The van der Waals surface area contributed by atoms with E-state index >= 15 is 0 Å². The molecule has 1 aromatic carbocycles. The minimum absolute atomic E-state index is 0.0282. The Hall–Kier alpha value is -1.09. The molecule has 25 heavy (non-hydrogen) atoms. The van der Waals surface area contributed by atoms with Gasteiger partial charge in [0.15, 0.2) is 0 Å². The average molecular weight is 385 g/mol. The van der Waals surface area contributed by atoms with Crippen molar-refractivity contribution in [3.05, 3.63) is 23.8 Å². The monoisotopic (exact) mass is 384 g/mol. The molecule has 1 fully saturated rings. The predicted molar refractivity (Wildman–Crippen MR) is 99.5 cm³/mol. The molecule has 1 N–H and O–H groups in total. The van der Waals surface area contributed by atoms with Gasteiger partial charge in [-0.05, 0) is 37.0 Å². The summed E-state index contributed by atoms with van der Waals surface area (Å²) < 4.78 is 27.8. The number of nitrogens with zero attached hydrogens (tertiary/aromatic N) is 2. The van der Waals surface area contributed by atoms with Crippen molar-refractivity contribution in [2.45, 2.75) is 37.1 Å². The van der Waals surface area contributed by atoms with Crippen LogP contribution in [0.25, 0.3) is 0 Å². The molecule has 0 aromatic heterocycles. The number of thioether (sulfide) groups is 1. The second-order valence-corrected chi connectivity index (χ2v) is 9.46. The smallest absolute Gasteiger partial charge is 0.243 e. The summed E-state index contributed by atoms with van der Waals surface area (Å²) in [5, 5.41) is 9.25. The maximum absolute atomic E-state index is 13.2. The van der Waals surface area contributed by atoms with E-state index in [2.05, 4.69) is 0 Å².